The molecule has 0 heterocycles. The Hall–Kier alpha value is -2.66. The third-order valence-electron chi connectivity index (χ3n) is 4.52. The monoisotopic (exact) mass is 301 g/mol. The highest BCUT2D eigenvalue weighted by atomic mass is 16.1. The van der Waals surface area contributed by atoms with Crippen LogP contribution in [0.3, 0.4) is 0 Å². The Morgan fingerprint density at radius 3 is 2.48 bits per heavy atom. The lowest BCUT2D eigenvalue weighted by Crippen LogP contribution is -2.12. The molecule has 23 heavy (non-hydrogen) atoms. The van der Waals surface area contributed by atoms with Gasteiger partial charge in [-0.2, -0.15) is 5.26 Å². The zero-order valence-electron chi connectivity index (χ0n) is 13.7. The minimum Gasteiger partial charge on any atom is -0.288 e. The summed E-state index contributed by atoms with van der Waals surface area (Å²) in [6.07, 6.45) is 0.716. The van der Waals surface area contributed by atoms with Crippen molar-refractivity contribution in [3.63, 3.8) is 0 Å². The maximum atomic E-state index is 12.8. The van der Waals surface area contributed by atoms with E-state index < -0.39 is 0 Å². The molecule has 0 fully saturated rings. The van der Waals surface area contributed by atoms with E-state index in [-0.39, 0.29) is 16.8 Å². The molecule has 0 saturated heterocycles. The first-order chi connectivity index (χ1) is 10.9. The van der Waals surface area contributed by atoms with Crippen LogP contribution in [0, 0.1) is 18.3 Å². The molecular weight excluding hydrogens is 282 g/mol. The first-order valence-corrected chi connectivity index (χ1v) is 7.78. The van der Waals surface area contributed by atoms with Crippen LogP contribution in [0.15, 0.2) is 54.1 Å². The van der Waals surface area contributed by atoms with Gasteiger partial charge in [-0.1, -0.05) is 67.9 Å². The van der Waals surface area contributed by atoms with Crippen LogP contribution in [0.5, 0.6) is 0 Å². The number of ketones is 1. The summed E-state index contributed by atoms with van der Waals surface area (Å²) in [5.74, 6) is -0.188. The average molecular weight is 301 g/mol. The van der Waals surface area contributed by atoms with Crippen molar-refractivity contribution in [1.82, 2.24) is 0 Å². The van der Waals surface area contributed by atoms with Gasteiger partial charge in [-0.15, -0.1) is 0 Å². The molecule has 1 aliphatic carbocycles. The molecular formula is C21H19NO. The molecule has 0 saturated carbocycles. The van der Waals surface area contributed by atoms with Gasteiger partial charge in [-0.3, -0.25) is 4.79 Å². The molecule has 114 valence electrons. The summed E-state index contributed by atoms with van der Waals surface area (Å²) < 4.78 is 0. The maximum absolute atomic E-state index is 12.8. The summed E-state index contributed by atoms with van der Waals surface area (Å²) in [5, 5.41) is 9.64. The van der Waals surface area contributed by atoms with E-state index in [2.05, 4.69) is 32.9 Å². The van der Waals surface area contributed by atoms with Crippen LogP contribution in [0.1, 0.15) is 47.3 Å². The summed E-state index contributed by atoms with van der Waals surface area (Å²) in [7, 11) is 0. The standard InChI is InChI=1S/C21H19NO/c1-14-9-10-16-17(12-21(2,3)19(16)11-14)18(13-22)20(23)15-7-5-4-6-8-15/h4-11H,12H2,1-3H3/b18-17+. The van der Waals surface area contributed by atoms with Gasteiger partial charge < -0.3 is 0 Å². The number of allylic oxidation sites excluding steroid dienone is 2. The van der Waals surface area contributed by atoms with E-state index >= 15 is 0 Å². The molecule has 0 aromatic heterocycles. The number of aryl methyl sites for hydroxylation is 1. The molecule has 0 atom stereocenters. The molecule has 0 aliphatic heterocycles. The smallest absolute Gasteiger partial charge is 0.203 e. The Morgan fingerprint density at radius 1 is 1.13 bits per heavy atom. The largest absolute Gasteiger partial charge is 0.288 e. The average Bonchev–Trinajstić information content (AvgIpc) is 2.80. The molecule has 0 N–H and O–H groups in total. The second-order valence-corrected chi connectivity index (χ2v) is 6.77. The predicted octanol–water partition coefficient (Wildman–Crippen LogP) is 4.84. The van der Waals surface area contributed by atoms with Gasteiger partial charge in [0.1, 0.15) is 11.6 Å². The first-order valence-electron chi connectivity index (χ1n) is 7.78. The summed E-state index contributed by atoms with van der Waals surface area (Å²) in [4.78, 5) is 12.8. The second-order valence-electron chi connectivity index (χ2n) is 6.77. The van der Waals surface area contributed by atoms with Gasteiger partial charge in [-0.05, 0) is 35.5 Å². The van der Waals surface area contributed by atoms with Gasteiger partial charge in [0.15, 0.2) is 0 Å². The number of hydrogen-bond acceptors (Lipinski definition) is 2. The minimum atomic E-state index is -0.188. The van der Waals surface area contributed by atoms with Crippen molar-refractivity contribution in [2.24, 2.45) is 0 Å². The molecule has 3 rings (SSSR count). The highest BCUT2D eigenvalue weighted by Crippen LogP contribution is 2.47. The fourth-order valence-corrected chi connectivity index (χ4v) is 3.33. The van der Waals surface area contributed by atoms with Crippen molar-refractivity contribution in [1.29, 1.82) is 5.26 Å². The van der Waals surface area contributed by atoms with E-state index in [0.29, 0.717) is 12.0 Å². The normalized spacial score (nSPS) is 17.3. The molecule has 2 heteroatoms. The lowest BCUT2D eigenvalue weighted by atomic mass is 9.85. The van der Waals surface area contributed by atoms with Gasteiger partial charge in [0, 0.05) is 5.56 Å². The van der Waals surface area contributed by atoms with Crippen molar-refractivity contribution >= 4 is 11.4 Å². The van der Waals surface area contributed by atoms with Crippen molar-refractivity contribution in [3.8, 4) is 6.07 Å². The van der Waals surface area contributed by atoms with Gasteiger partial charge in [0.05, 0.1) is 0 Å². The Kier molecular flexibility index (Phi) is 3.66. The van der Waals surface area contributed by atoms with Crippen molar-refractivity contribution in [2.45, 2.75) is 32.6 Å². The van der Waals surface area contributed by atoms with Crippen molar-refractivity contribution in [2.75, 3.05) is 0 Å². The van der Waals surface area contributed by atoms with Crippen LogP contribution < -0.4 is 0 Å². The number of nitriles is 1. The van der Waals surface area contributed by atoms with E-state index in [1.54, 1.807) is 12.1 Å². The van der Waals surface area contributed by atoms with Crippen LogP contribution in [-0.4, -0.2) is 5.78 Å². The molecule has 1 aliphatic rings. The highest BCUT2D eigenvalue weighted by Gasteiger charge is 2.36. The van der Waals surface area contributed by atoms with Gasteiger partial charge in [0.2, 0.25) is 5.78 Å². The van der Waals surface area contributed by atoms with Crippen molar-refractivity contribution in [3.05, 3.63) is 76.4 Å². The summed E-state index contributed by atoms with van der Waals surface area (Å²) in [5.41, 5.74) is 5.12. The summed E-state index contributed by atoms with van der Waals surface area (Å²) in [6.45, 7) is 6.40. The SMILES string of the molecule is Cc1ccc2c(c1)C(C)(C)C/C2=C(/C#N)C(=O)c1ccccc1. The van der Waals surface area contributed by atoms with E-state index in [4.69, 9.17) is 0 Å². The number of carbonyl (C=O) groups is 1. The molecule has 0 radical (unpaired) electrons. The molecule has 0 unspecified atom stereocenters. The van der Waals surface area contributed by atoms with Gasteiger partial charge >= 0.3 is 0 Å². The zero-order chi connectivity index (χ0) is 16.6. The first kappa shape index (κ1) is 15.2. The molecule has 0 spiro atoms. The molecule has 0 bridgehead atoms. The zero-order valence-corrected chi connectivity index (χ0v) is 13.7. The van der Waals surface area contributed by atoms with Crippen LogP contribution in [0.2, 0.25) is 0 Å². The van der Waals surface area contributed by atoms with E-state index in [1.165, 1.54) is 11.1 Å². The van der Waals surface area contributed by atoms with Crippen LogP contribution in [0.4, 0.5) is 0 Å². The van der Waals surface area contributed by atoms with E-state index in [0.717, 1.165) is 11.1 Å². The Labute approximate surface area is 137 Å². The van der Waals surface area contributed by atoms with Crippen molar-refractivity contribution < 1.29 is 4.79 Å². The summed E-state index contributed by atoms with van der Waals surface area (Å²) >= 11 is 0. The van der Waals surface area contributed by atoms with Gasteiger partial charge in [-0.25, -0.2) is 0 Å². The fourth-order valence-electron chi connectivity index (χ4n) is 3.33. The molecule has 2 aromatic rings. The van der Waals surface area contributed by atoms with E-state index in [9.17, 15) is 10.1 Å². The van der Waals surface area contributed by atoms with E-state index in [1.807, 2.05) is 30.3 Å². The quantitative estimate of drug-likeness (QED) is 0.452. The Balaban J connectivity index is 2.18. The number of fused-ring (bicyclic) bond motifs is 1. The van der Waals surface area contributed by atoms with Crippen LogP contribution in [-0.2, 0) is 5.41 Å². The topological polar surface area (TPSA) is 40.9 Å². The van der Waals surface area contributed by atoms with Gasteiger partial charge in [0.25, 0.3) is 0 Å². The van der Waals surface area contributed by atoms with Crippen LogP contribution in [0.25, 0.3) is 5.57 Å². The number of benzene rings is 2. The molecule has 0 amide bonds. The Morgan fingerprint density at radius 2 is 1.83 bits per heavy atom. The summed E-state index contributed by atoms with van der Waals surface area (Å²) in [6, 6.07) is 17.5. The number of rotatable bonds is 2. The second kappa shape index (κ2) is 5.52. The number of hydrogen-bond donors (Lipinski definition) is 0. The lowest BCUT2D eigenvalue weighted by Gasteiger charge is -2.18. The highest BCUT2D eigenvalue weighted by molar-refractivity contribution is 6.16. The fraction of sp³-hybridized carbons (Fsp3) is 0.238. The lowest BCUT2D eigenvalue weighted by molar-refractivity contribution is 0.103. The Bertz CT molecular complexity index is 851. The van der Waals surface area contributed by atoms with Crippen LogP contribution >= 0.6 is 0 Å². The third-order valence-corrected chi connectivity index (χ3v) is 4.52. The maximum Gasteiger partial charge on any atom is 0.203 e. The predicted molar refractivity (Wildman–Crippen MR) is 92.1 cm³/mol. The number of Topliss-reactive ketones (excluding diaryl/α,β-unsaturated/α-hetero) is 1. The molecule has 2 aromatic carbocycles. The molecule has 2 nitrogen and oxygen atoms in total. The number of nitrogens with zero attached hydrogens (tertiary/aromatic N) is 1. The number of carbonyl (C=O) groups excluding carboxylic acids is 1. The minimum absolute atomic E-state index is 0.0598. The third kappa shape index (κ3) is 2.59.